The number of ether oxygens (including phenoxy) is 2. The highest BCUT2D eigenvalue weighted by molar-refractivity contribution is 6.32. The van der Waals surface area contributed by atoms with E-state index in [1.165, 1.54) is 0 Å². The first-order valence-electron chi connectivity index (χ1n) is 6.28. The van der Waals surface area contributed by atoms with Crippen molar-refractivity contribution in [3.63, 3.8) is 0 Å². The molecule has 0 aromatic heterocycles. The summed E-state index contributed by atoms with van der Waals surface area (Å²) in [5.74, 6) is 0.149. The molecule has 4 nitrogen and oxygen atoms in total. The maximum Gasteiger partial charge on any atom is 0.138 e. The van der Waals surface area contributed by atoms with E-state index in [0.717, 1.165) is 12.1 Å². The van der Waals surface area contributed by atoms with Crippen molar-refractivity contribution in [3.05, 3.63) is 28.8 Å². The third-order valence-electron chi connectivity index (χ3n) is 3.06. The maximum absolute atomic E-state index is 9.96. The molecule has 0 saturated heterocycles. The van der Waals surface area contributed by atoms with Gasteiger partial charge in [0.1, 0.15) is 5.75 Å². The third kappa shape index (κ3) is 4.99. The fraction of sp³-hybridized carbons (Fsp3) is 0.571. The van der Waals surface area contributed by atoms with Crippen LogP contribution in [0.4, 0.5) is 0 Å². The number of para-hydroxylation sites is 1. The van der Waals surface area contributed by atoms with Gasteiger partial charge in [-0.3, -0.25) is 4.90 Å². The van der Waals surface area contributed by atoms with Crippen LogP contribution in [-0.2, 0) is 16.0 Å². The number of methoxy groups -OCH3 is 2. The highest BCUT2D eigenvalue weighted by atomic mass is 35.5. The van der Waals surface area contributed by atoms with Gasteiger partial charge in [-0.15, -0.1) is 0 Å². The van der Waals surface area contributed by atoms with Crippen LogP contribution in [0.1, 0.15) is 12.5 Å². The summed E-state index contributed by atoms with van der Waals surface area (Å²) in [6, 6.07) is 5.63. The molecule has 0 saturated carbocycles. The minimum atomic E-state index is 0.149. The highest BCUT2D eigenvalue weighted by Crippen LogP contribution is 2.28. The summed E-state index contributed by atoms with van der Waals surface area (Å²) < 4.78 is 10.3. The van der Waals surface area contributed by atoms with Crippen LogP contribution in [0.15, 0.2) is 18.2 Å². The molecule has 0 bridgehead atoms. The Morgan fingerprint density at radius 2 is 2.05 bits per heavy atom. The van der Waals surface area contributed by atoms with Crippen molar-refractivity contribution in [2.45, 2.75) is 19.5 Å². The van der Waals surface area contributed by atoms with E-state index in [4.69, 9.17) is 21.1 Å². The molecule has 0 aliphatic carbocycles. The van der Waals surface area contributed by atoms with Crippen LogP contribution in [0.2, 0.25) is 5.02 Å². The quantitative estimate of drug-likeness (QED) is 0.798. The highest BCUT2D eigenvalue weighted by Gasteiger charge is 2.16. The van der Waals surface area contributed by atoms with Gasteiger partial charge >= 0.3 is 0 Å². The molecule has 1 rings (SSSR count). The lowest BCUT2D eigenvalue weighted by Gasteiger charge is -2.28. The van der Waals surface area contributed by atoms with E-state index in [2.05, 4.69) is 11.8 Å². The maximum atomic E-state index is 9.96. The lowest BCUT2D eigenvalue weighted by atomic mass is 10.1. The largest absolute Gasteiger partial charge is 0.506 e. The molecule has 5 heteroatoms. The van der Waals surface area contributed by atoms with Crippen LogP contribution < -0.4 is 0 Å². The van der Waals surface area contributed by atoms with Crippen LogP contribution in [0.25, 0.3) is 0 Å². The number of phenolic OH excluding ortho intramolecular Hbond substituents is 1. The van der Waals surface area contributed by atoms with Crippen LogP contribution in [0.3, 0.4) is 0 Å². The molecular formula is C14H22ClNO3. The summed E-state index contributed by atoms with van der Waals surface area (Å²) in [6.45, 7) is 4.73. The summed E-state index contributed by atoms with van der Waals surface area (Å²) in [7, 11) is 3.36. The van der Waals surface area contributed by atoms with Gasteiger partial charge in [0.25, 0.3) is 0 Å². The van der Waals surface area contributed by atoms with Gasteiger partial charge in [0.2, 0.25) is 0 Å². The van der Waals surface area contributed by atoms with Crippen LogP contribution in [-0.4, -0.2) is 50.0 Å². The van der Waals surface area contributed by atoms with Crippen molar-refractivity contribution in [2.24, 2.45) is 0 Å². The number of rotatable bonds is 8. The van der Waals surface area contributed by atoms with Crippen LogP contribution in [0.5, 0.6) is 5.75 Å². The Morgan fingerprint density at radius 1 is 1.32 bits per heavy atom. The Balaban J connectivity index is 2.78. The molecule has 0 spiro atoms. The number of halogens is 1. The van der Waals surface area contributed by atoms with Crippen molar-refractivity contribution in [3.8, 4) is 5.75 Å². The fourth-order valence-electron chi connectivity index (χ4n) is 1.92. The van der Waals surface area contributed by atoms with Gasteiger partial charge < -0.3 is 14.6 Å². The number of nitrogens with zero attached hydrogens (tertiary/aromatic N) is 1. The number of aromatic hydroxyl groups is 1. The predicted molar refractivity (Wildman–Crippen MR) is 76.7 cm³/mol. The molecule has 108 valence electrons. The molecule has 0 fully saturated rings. The van der Waals surface area contributed by atoms with E-state index < -0.39 is 0 Å². The number of hydrogen-bond donors (Lipinski definition) is 1. The number of hydrogen-bond acceptors (Lipinski definition) is 4. The molecule has 1 aromatic carbocycles. The standard InChI is InChI=1S/C14H22ClNO3/c1-11(10-19-3)16(7-8-18-2)9-12-5-4-6-13(15)14(12)17/h4-6,11,17H,7-10H2,1-3H3. The molecule has 1 atom stereocenters. The lowest BCUT2D eigenvalue weighted by molar-refractivity contribution is 0.0700. The van der Waals surface area contributed by atoms with Gasteiger partial charge in [0.15, 0.2) is 0 Å². The average molecular weight is 288 g/mol. The molecule has 1 N–H and O–H groups in total. The zero-order chi connectivity index (χ0) is 14.3. The van der Waals surface area contributed by atoms with E-state index >= 15 is 0 Å². The van der Waals surface area contributed by atoms with Gasteiger partial charge in [-0.2, -0.15) is 0 Å². The summed E-state index contributed by atoms with van der Waals surface area (Å²) in [5.41, 5.74) is 0.812. The van der Waals surface area contributed by atoms with Crippen molar-refractivity contribution >= 4 is 11.6 Å². The number of benzene rings is 1. The summed E-state index contributed by atoms with van der Waals surface area (Å²) in [6.07, 6.45) is 0. The topological polar surface area (TPSA) is 41.9 Å². The second-order valence-corrected chi connectivity index (χ2v) is 4.92. The molecule has 19 heavy (non-hydrogen) atoms. The fourth-order valence-corrected chi connectivity index (χ4v) is 2.11. The van der Waals surface area contributed by atoms with Crippen LogP contribution >= 0.6 is 11.6 Å². The van der Waals surface area contributed by atoms with E-state index in [1.807, 2.05) is 12.1 Å². The summed E-state index contributed by atoms with van der Waals surface area (Å²) in [4.78, 5) is 2.19. The Bertz CT molecular complexity index is 387. The van der Waals surface area contributed by atoms with Crippen LogP contribution in [0, 0.1) is 0 Å². The zero-order valence-electron chi connectivity index (χ0n) is 11.7. The molecule has 0 aliphatic heterocycles. The van der Waals surface area contributed by atoms with E-state index in [-0.39, 0.29) is 11.8 Å². The Kier molecular flexibility index (Phi) is 7.16. The average Bonchev–Trinajstić information content (AvgIpc) is 2.39. The zero-order valence-corrected chi connectivity index (χ0v) is 12.5. The van der Waals surface area contributed by atoms with Gasteiger partial charge in [-0.25, -0.2) is 0 Å². The molecule has 0 aliphatic rings. The minimum absolute atomic E-state index is 0.149. The van der Waals surface area contributed by atoms with Gasteiger partial charge in [-0.1, -0.05) is 23.7 Å². The smallest absolute Gasteiger partial charge is 0.138 e. The summed E-state index contributed by atoms with van der Waals surface area (Å²) >= 11 is 5.92. The van der Waals surface area contributed by atoms with Crippen molar-refractivity contribution < 1.29 is 14.6 Å². The van der Waals surface area contributed by atoms with Crippen molar-refractivity contribution in [2.75, 3.05) is 34.0 Å². The first-order valence-corrected chi connectivity index (χ1v) is 6.66. The number of phenols is 1. The molecular weight excluding hydrogens is 266 g/mol. The van der Waals surface area contributed by atoms with E-state index in [0.29, 0.717) is 24.8 Å². The summed E-state index contributed by atoms with van der Waals surface area (Å²) in [5, 5.41) is 10.3. The molecule has 0 radical (unpaired) electrons. The monoisotopic (exact) mass is 287 g/mol. The van der Waals surface area contributed by atoms with Gasteiger partial charge in [0, 0.05) is 38.9 Å². The third-order valence-corrected chi connectivity index (χ3v) is 3.36. The normalized spacial score (nSPS) is 12.9. The van der Waals surface area contributed by atoms with Crippen molar-refractivity contribution in [1.82, 2.24) is 4.90 Å². The minimum Gasteiger partial charge on any atom is -0.506 e. The molecule has 0 heterocycles. The SMILES string of the molecule is COCCN(Cc1cccc(Cl)c1O)C(C)COC. The second-order valence-electron chi connectivity index (χ2n) is 4.52. The Labute approximate surface area is 119 Å². The second kappa shape index (κ2) is 8.38. The Morgan fingerprint density at radius 3 is 2.68 bits per heavy atom. The van der Waals surface area contributed by atoms with Gasteiger partial charge in [0.05, 0.1) is 18.2 Å². The Hall–Kier alpha value is -0.810. The van der Waals surface area contributed by atoms with E-state index in [9.17, 15) is 5.11 Å². The predicted octanol–water partition coefficient (Wildman–Crippen LogP) is 2.53. The lowest BCUT2D eigenvalue weighted by Crippen LogP contribution is -2.38. The molecule has 0 amide bonds. The molecule has 1 aromatic rings. The first-order chi connectivity index (χ1) is 9.10. The van der Waals surface area contributed by atoms with E-state index in [1.54, 1.807) is 20.3 Å². The first kappa shape index (κ1) is 16.2. The van der Waals surface area contributed by atoms with Crippen molar-refractivity contribution in [1.29, 1.82) is 0 Å². The van der Waals surface area contributed by atoms with Gasteiger partial charge in [-0.05, 0) is 13.0 Å². The molecule has 1 unspecified atom stereocenters.